The van der Waals surface area contributed by atoms with Crippen LogP contribution in [0.2, 0.25) is 0 Å². The first-order chi connectivity index (χ1) is 9.36. The Bertz CT molecular complexity index is 305. The summed E-state index contributed by atoms with van der Waals surface area (Å²) in [4.78, 5) is 4.32. The van der Waals surface area contributed by atoms with E-state index in [0.717, 1.165) is 43.4 Å². The zero-order valence-electron chi connectivity index (χ0n) is 12.0. The normalized spacial score (nSPS) is 27.9. The predicted molar refractivity (Wildman–Crippen MR) is 77.3 cm³/mol. The summed E-state index contributed by atoms with van der Waals surface area (Å²) in [5.74, 6) is 3.83. The molecule has 0 aromatic heterocycles. The van der Waals surface area contributed by atoms with Gasteiger partial charge in [-0.05, 0) is 56.3 Å². The van der Waals surface area contributed by atoms with Crippen LogP contribution in [0.3, 0.4) is 0 Å². The summed E-state index contributed by atoms with van der Waals surface area (Å²) in [7, 11) is 1.86. The molecule has 0 radical (unpaired) electrons. The van der Waals surface area contributed by atoms with Crippen molar-refractivity contribution in [3.05, 3.63) is 0 Å². The van der Waals surface area contributed by atoms with E-state index in [0.29, 0.717) is 6.10 Å². The van der Waals surface area contributed by atoms with Crippen molar-refractivity contribution in [3.63, 3.8) is 0 Å². The van der Waals surface area contributed by atoms with Crippen LogP contribution in [0.4, 0.5) is 0 Å². The molecule has 3 rings (SSSR count). The molecule has 0 bridgehead atoms. The van der Waals surface area contributed by atoms with Crippen LogP contribution < -0.4 is 10.6 Å². The third kappa shape index (κ3) is 3.85. The van der Waals surface area contributed by atoms with Crippen molar-refractivity contribution in [2.24, 2.45) is 22.7 Å². The first-order valence-corrected chi connectivity index (χ1v) is 7.93. The minimum Gasteiger partial charge on any atom is -0.376 e. The van der Waals surface area contributed by atoms with Gasteiger partial charge in [0.05, 0.1) is 6.10 Å². The number of hydrogen-bond donors (Lipinski definition) is 2. The number of aliphatic imine (C=N–C) groups is 1. The molecule has 19 heavy (non-hydrogen) atoms. The maximum atomic E-state index is 5.62. The lowest BCUT2D eigenvalue weighted by molar-refractivity contribution is 0.113. The van der Waals surface area contributed by atoms with Gasteiger partial charge in [0.1, 0.15) is 0 Å². The van der Waals surface area contributed by atoms with E-state index in [-0.39, 0.29) is 0 Å². The highest BCUT2D eigenvalue weighted by molar-refractivity contribution is 5.79. The van der Waals surface area contributed by atoms with Gasteiger partial charge < -0.3 is 15.4 Å². The van der Waals surface area contributed by atoms with E-state index in [9.17, 15) is 0 Å². The summed E-state index contributed by atoms with van der Waals surface area (Å²) in [6.45, 7) is 2.90. The quantitative estimate of drug-likeness (QED) is 0.568. The van der Waals surface area contributed by atoms with Crippen LogP contribution in [0.25, 0.3) is 0 Å². The van der Waals surface area contributed by atoms with Crippen molar-refractivity contribution in [1.29, 1.82) is 0 Å². The Hall–Kier alpha value is -0.770. The highest BCUT2D eigenvalue weighted by atomic mass is 16.5. The number of guanidine groups is 1. The Morgan fingerprint density at radius 3 is 2.42 bits per heavy atom. The lowest BCUT2D eigenvalue weighted by atomic mass is 9.98. The first kappa shape index (κ1) is 13.2. The Balaban J connectivity index is 1.38. The second-order valence-corrected chi connectivity index (χ2v) is 6.31. The van der Waals surface area contributed by atoms with Gasteiger partial charge in [0.25, 0.3) is 0 Å². The number of hydrogen-bond acceptors (Lipinski definition) is 2. The molecule has 3 fully saturated rings. The summed E-state index contributed by atoms with van der Waals surface area (Å²) in [5.41, 5.74) is 0. The fourth-order valence-corrected chi connectivity index (χ4v) is 3.22. The van der Waals surface area contributed by atoms with Crippen LogP contribution in [-0.2, 0) is 4.74 Å². The molecule has 1 atom stereocenters. The van der Waals surface area contributed by atoms with Crippen LogP contribution in [-0.4, -0.2) is 38.8 Å². The minimum absolute atomic E-state index is 0.376. The lowest BCUT2D eigenvalue weighted by Gasteiger charge is -2.19. The van der Waals surface area contributed by atoms with E-state index in [1.54, 1.807) is 0 Å². The van der Waals surface area contributed by atoms with Gasteiger partial charge >= 0.3 is 0 Å². The van der Waals surface area contributed by atoms with Crippen LogP contribution in [0.5, 0.6) is 0 Å². The van der Waals surface area contributed by atoms with Gasteiger partial charge in [-0.25, -0.2) is 0 Å². The van der Waals surface area contributed by atoms with Crippen molar-refractivity contribution < 1.29 is 4.74 Å². The van der Waals surface area contributed by atoms with Gasteiger partial charge in [-0.2, -0.15) is 0 Å². The summed E-state index contributed by atoms with van der Waals surface area (Å²) >= 11 is 0. The first-order valence-electron chi connectivity index (χ1n) is 7.93. The zero-order valence-corrected chi connectivity index (χ0v) is 12.0. The van der Waals surface area contributed by atoms with Crippen molar-refractivity contribution >= 4 is 5.96 Å². The zero-order chi connectivity index (χ0) is 13.1. The van der Waals surface area contributed by atoms with Crippen LogP contribution >= 0.6 is 0 Å². The molecule has 1 aliphatic heterocycles. The molecule has 1 heterocycles. The Morgan fingerprint density at radius 1 is 1.16 bits per heavy atom. The maximum absolute atomic E-state index is 5.62. The van der Waals surface area contributed by atoms with Crippen molar-refractivity contribution in [1.82, 2.24) is 10.6 Å². The second kappa shape index (κ2) is 6.12. The Kier molecular flexibility index (Phi) is 4.26. The molecule has 0 aromatic carbocycles. The molecule has 0 amide bonds. The molecule has 2 N–H and O–H groups in total. The fraction of sp³-hybridized carbons (Fsp3) is 0.933. The summed E-state index contributed by atoms with van der Waals surface area (Å²) in [6.07, 6.45) is 8.55. The highest BCUT2D eigenvalue weighted by Crippen LogP contribution is 2.48. The molecule has 108 valence electrons. The van der Waals surface area contributed by atoms with Gasteiger partial charge in [0.2, 0.25) is 0 Å². The van der Waals surface area contributed by atoms with E-state index in [1.165, 1.54) is 38.5 Å². The van der Waals surface area contributed by atoms with Crippen LogP contribution in [0, 0.1) is 17.8 Å². The Morgan fingerprint density at radius 2 is 1.89 bits per heavy atom. The average Bonchev–Trinajstić information content (AvgIpc) is 3.35. The Labute approximate surface area is 116 Å². The molecule has 2 saturated carbocycles. The molecule has 2 aliphatic carbocycles. The number of nitrogens with one attached hydrogen (secondary N) is 2. The minimum atomic E-state index is 0.376. The maximum Gasteiger partial charge on any atom is 0.191 e. The molecule has 1 saturated heterocycles. The predicted octanol–water partition coefficient (Wildman–Crippen LogP) is 1.77. The van der Waals surface area contributed by atoms with E-state index in [1.807, 2.05) is 7.05 Å². The van der Waals surface area contributed by atoms with Crippen molar-refractivity contribution in [2.45, 2.75) is 44.6 Å². The van der Waals surface area contributed by atoms with Crippen molar-refractivity contribution in [2.75, 3.05) is 26.7 Å². The summed E-state index contributed by atoms with van der Waals surface area (Å²) < 4.78 is 5.62. The van der Waals surface area contributed by atoms with E-state index in [2.05, 4.69) is 15.6 Å². The monoisotopic (exact) mass is 265 g/mol. The molecule has 0 spiro atoms. The molecule has 3 aliphatic rings. The van der Waals surface area contributed by atoms with Gasteiger partial charge in [-0.1, -0.05) is 0 Å². The largest absolute Gasteiger partial charge is 0.376 e. The molecule has 0 aromatic rings. The van der Waals surface area contributed by atoms with Gasteiger partial charge in [0, 0.05) is 26.7 Å². The third-order valence-corrected chi connectivity index (χ3v) is 4.70. The summed E-state index contributed by atoms with van der Waals surface area (Å²) in [5, 5.41) is 6.92. The molecule has 4 heteroatoms. The van der Waals surface area contributed by atoms with Crippen LogP contribution in [0.1, 0.15) is 38.5 Å². The van der Waals surface area contributed by atoms with Gasteiger partial charge in [0.15, 0.2) is 5.96 Å². The van der Waals surface area contributed by atoms with E-state index < -0.39 is 0 Å². The molecule has 4 nitrogen and oxygen atoms in total. The smallest absolute Gasteiger partial charge is 0.191 e. The molecular weight excluding hydrogens is 238 g/mol. The second-order valence-electron chi connectivity index (χ2n) is 6.31. The van der Waals surface area contributed by atoms with Crippen molar-refractivity contribution in [3.8, 4) is 0 Å². The SMILES string of the molecule is CN=C(NCC1CCCO1)NCC(C1CC1)C1CC1. The number of nitrogens with zero attached hydrogens (tertiary/aromatic N) is 1. The fourth-order valence-electron chi connectivity index (χ4n) is 3.22. The molecule has 1 unspecified atom stereocenters. The highest BCUT2D eigenvalue weighted by Gasteiger charge is 2.41. The number of ether oxygens (including phenoxy) is 1. The van der Waals surface area contributed by atoms with Gasteiger partial charge in [-0.15, -0.1) is 0 Å². The third-order valence-electron chi connectivity index (χ3n) is 4.70. The van der Waals surface area contributed by atoms with Gasteiger partial charge in [-0.3, -0.25) is 4.99 Å². The van der Waals surface area contributed by atoms with Crippen LogP contribution in [0.15, 0.2) is 4.99 Å². The van der Waals surface area contributed by atoms with E-state index >= 15 is 0 Å². The molecular formula is C15H27N3O. The van der Waals surface area contributed by atoms with E-state index in [4.69, 9.17) is 4.74 Å². The topological polar surface area (TPSA) is 45.7 Å². The standard InChI is InChI=1S/C15H27N3O/c1-16-15(17-9-13-3-2-8-19-13)18-10-14(11-4-5-11)12-6-7-12/h11-14H,2-10H2,1H3,(H2,16,17,18). The number of rotatable bonds is 6. The summed E-state index contributed by atoms with van der Waals surface area (Å²) in [6, 6.07) is 0. The average molecular weight is 265 g/mol. The lowest BCUT2D eigenvalue weighted by Crippen LogP contribution is -2.43.